The third-order valence-corrected chi connectivity index (χ3v) is 5.26. The van der Waals surface area contributed by atoms with Crippen LogP contribution in [0.25, 0.3) is 0 Å². The number of amides is 2. The SMILES string of the molecule is CCOc1ccccc1C(=O)N1CCCN(C2CCNC(=O)CC2)CC1. The largest absolute Gasteiger partial charge is 0.493 e. The molecular formula is C20H29N3O3. The molecule has 6 heteroatoms. The number of nitrogens with zero attached hydrogens (tertiary/aromatic N) is 2. The van der Waals surface area contributed by atoms with Crippen LogP contribution < -0.4 is 10.1 Å². The molecule has 1 atom stereocenters. The molecule has 1 N–H and O–H groups in total. The molecule has 2 saturated heterocycles. The van der Waals surface area contributed by atoms with Crippen LogP contribution in [0.1, 0.15) is 43.0 Å². The van der Waals surface area contributed by atoms with E-state index in [1.165, 1.54) is 0 Å². The van der Waals surface area contributed by atoms with Crippen LogP contribution in [-0.4, -0.2) is 67.0 Å². The highest BCUT2D eigenvalue weighted by molar-refractivity contribution is 5.97. The van der Waals surface area contributed by atoms with E-state index in [-0.39, 0.29) is 11.8 Å². The molecule has 2 fully saturated rings. The molecular weight excluding hydrogens is 330 g/mol. The molecule has 0 saturated carbocycles. The highest BCUT2D eigenvalue weighted by Crippen LogP contribution is 2.22. The van der Waals surface area contributed by atoms with Gasteiger partial charge in [-0.25, -0.2) is 0 Å². The van der Waals surface area contributed by atoms with Gasteiger partial charge in [0.25, 0.3) is 5.91 Å². The Hall–Kier alpha value is -2.08. The minimum atomic E-state index is 0.0496. The van der Waals surface area contributed by atoms with Gasteiger partial charge < -0.3 is 15.0 Å². The first-order valence-electron chi connectivity index (χ1n) is 9.71. The molecule has 0 spiro atoms. The minimum absolute atomic E-state index is 0.0496. The van der Waals surface area contributed by atoms with E-state index in [1.54, 1.807) is 0 Å². The Morgan fingerprint density at radius 1 is 1.19 bits per heavy atom. The molecule has 26 heavy (non-hydrogen) atoms. The maximum atomic E-state index is 13.0. The fourth-order valence-corrected chi connectivity index (χ4v) is 3.87. The fraction of sp³-hybridized carbons (Fsp3) is 0.600. The number of carbonyl (C=O) groups is 2. The molecule has 1 unspecified atom stereocenters. The summed E-state index contributed by atoms with van der Waals surface area (Å²) >= 11 is 0. The number of para-hydroxylation sites is 1. The average Bonchev–Trinajstić information content (AvgIpc) is 3.02. The highest BCUT2D eigenvalue weighted by atomic mass is 16.5. The summed E-state index contributed by atoms with van der Waals surface area (Å²) in [6.07, 6.45) is 3.46. The lowest BCUT2D eigenvalue weighted by molar-refractivity contribution is -0.120. The Morgan fingerprint density at radius 2 is 2.04 bits per heavy atom. The molecule has 0 bridgehead atoms. The van der Waals surface area contributed by atoms with Crippen LogP contribution in [-0.2, 0) is 4.79 Å². The minimum Gasteiger partial charge on any atom is -0.493 e. The Labute approximate surface area is 155 Å². The molecule has 0 aromatic heterocycles. The van der Waals surface area contributed by atoms with Crippen LogP contribution in [0.15, 0.2) is 24.3 Å². The van der Waals surface area contributed by atoms with Gasteiger partial charge in [-0.1, -0.05) is 12.1 Å². The summed E-state index contributed by atoms with van der Waals surface area (Å²) < 4.78 is 5.62. The van der Waals surface area contributed by atoms with Crippen molar-refractivity contribution in [3.05, 3.63) is 29.8 Å². The van der Waals surface area contributed by atoms with Crippen molar-refractivity contribution in [2.24, 2.45) is 0 Å². The van der Waals surface area contributed by atoms with Gasteiger partial charge >= 0.3 is 0 Å². The Bertz CT molecular complexity index is 634. The molecule has 6 nitrogen and oxygen atoms in total. The number of ether oxygens (including phenoxy) is 1. The molecule has 2 amide bonds. The lowest BCUT2D eigenvalue weighted by Gasteiger charge is -2.29. The molecule has 2 aliphatic rings. The molecule has 142 valence electrons. The van der Waals surface area contributed by atoms with Crippen molar-refractivity contribution in [2.75, 3.05) is 39.3 Å². The maximum absolute atomic E-state index is 13.0. The second-order valence-corrected chi connectivity index (χ2v) is 6.94. The van der Waals surface area contributed by atoms with Crippen molar-refractivity contribution in [1.82, 2.24) is 15.1 Å². The highest BCUT2D eigenvalue weighted by Gasteiger charge is 2.27. The van der Waals surface area contributed by atoms with Crippen molar-refractivity contribution in [3.8, 4) is 5.75 Å². The van der Waals surface area contributed by atoms with E-state index in [2.05, 4.69) is 10.2 Å². The van der Waals surface area contributed by atoms with E-state index in [0.29, 0.717) is 30.4 Å². The van der Waals surface area contributed by atoms with Crippen LogP contribution >= 0.6 is 0 Å². The summed E-state index contributed by atoms with van der Waals surface area (Å²) in [5.74, 6) is 0.870. The second kappa shape index (κ2) is 9.03. The number of hydrogen-bond acceptors (Lipinski definition) is 4. The Balaban J connectivity index is 1.63. The third-order valence-electron chi connectivity index (χ3n) is 5.26. The van der Waals surface area contributed by atoms with Crippen molar-refractivity contribution < 1.29 is 14.3 Å². The van der Waals surface area contributed by atoms with E-state index in [1.807, 2.05) is 36.1 Å². The molecule has 1 aromatic rings. The first kappa shape index (κ1) is 18.7. The van der Waals surface area contributed by atoms with Gasteiger partial charge in [0.05, 0.1) is 12.2 Å². The smallest absolute Gasteiger partial charge is 0.257 e. The summed E-state index contributed by atoms with van der Waals surface area (Å²) in [6.45, 7) is 6.56. The quantitative estimate of drug-likeness (QED) is 0.892. The monoisotopic (exact) mass is 359 g/mol. The van der Waals surface area contributed by atoms with Gasteiger partial charge in [0, 0.05) is 45.2 Å². The summed E-state index contributed by atoms with van der Waals surface area (Å²) in [5.41, 5.74) is 0.645. The molecule has 0 aliphatic carbocycles. The standard InChI is InChI=1S/C20H29N3O3/c1-2-26-18-7-4-3-6-17(18)20(25)23-13-5-12-22(14-15-23)16-8-9-19(24)21-11-10-16/h3-4,6-7,16H,2,5,8-15H2,1H3,(H,21,24). The zero-order chi connectivity index (χ0) is 18.4. The number of nitrogens with one attached hydrogen (secondary N) is 1. The average molecular weight is 359 g/mol. The van der Waals surface area contributed by atoms with E-state index in [4.69, 9.17) is 4.74 Å². The van der Waals surface area contributed by atoms with Crippen molar-refractivity contribution in [3.63, 3.8) is 0 Å². The fourth-order valence-electron chi connectivity index (χ4n) is 3.87. The topological polar surface area (TPSA) is 61.9 Å². The van der Waals surface area contributed by atoms with Crippen LogP contribution in [0.3, 0.4) is 0 Å². The van der Waals surface area contributed by atoms with Crippen LogP contribution in [0.4, 0.5) is 0 Å². The predicted octanol–water partition coefficient (Wildman–Crippen LogP) is 1.90. The van der Waals surface area contributed by atoms with Gasteiger partial charge in [-0.2, -0.15) is 0 Å². The van der Waals surface area contributed by atoms with Crippen molar-refractivity contribution >= 4 is 11.8 Å². The predicted molar refractivity (Wildman–Crippen MR) is 100 cm³/mol. The van der Waals surface area contributed by atoms with Crippen molar-refractivity contribution in [2.45, 2.75) is 38.6 Å². The molecule has 1 aromatic carbocycles. The first-order valence-corrected chi connectivity index (χ1v) is 9.71. The summed E-state index contributed by atoms with van der Waals surface area (Å²) in [6, 6.07) is 7.91. The van der Waals surface area contributed by atoms with E-state index in [9.17, 15) is 9.59 Å². The van der Waals surface area contributed by atoms with Gasteiger partial charge in [-0.05, 0) is 38.3 Å². The van der Waals surface area contributed by atoms with Gasteiger partial charge in [0.15, 0.2) is 0 Å². The third kappa shape index (κ3) is 4.55. The lowest BCUT2D eigenvalue weighted by atomic mass is 10.1. The molecule has 3 rings (SSSR count). The molecule has 2 aliphatic heterocycles. The summed E-state index contributed by atoms with van der Waals surface area (Å²) in [4.78, 5) is 29.0. The molecule has 0 radical (unpaired) electrons. The zero-order valence-corrected chi connectivity index (χ0v) is 15.6. The molecule has 2 heterocycles. The summed E-state index contributed by atoms with van der Waals surface area (Å²) in [5, 5.41) is 2.95. The Morgan fingerprint density at radius 3 is 2.88 bits per heavy atom. The van der Waals surface area contributed by atoms with Crippen LogP contribution in [0.2, 0.25) is 0 Å². The summed E-state index contributed by atoms with van der Waals surface area (Å²) in [7, 11) is 0. The number of benzene rings is 1. The van der Waals surface area contributed by atoms with E-state index >= 15 is 0 Å². The van der Waals surface area contributed by atoms with E-state index < -0.39 is 0 Å². The Kier molecular flexibility index (Phi) is 6.50. The van der Waals surface area contributed by atoms with Crippen molar-refractivity contribution in [1.29, 1.82) is 0 Å². The van der Waals surface area contributed by atoms with Gasteiger partial charge in [0.1, 0.15) is 5.75 Å². The normalized spacial score (nSPS) is 22.3. The second-order valence-electron chi connectivity index (χ2n) is 6.94. The van der Waals surface area contributed by atoms with Crippen LogP contribution in [0.5, 0.6) is 5.75 Å². The number of carbonyl (C=O) groups excluding carboxylic acids is 2. The van der Waals surface area contributed by atoms with E-state index in [0.717, 1.165) is 52.0 Å². The maximum Gasteiger partial charge on any atom is 0.257 e. The van der Waals surface area contributed by atoms with Gasteiger partial charge in [0.2, 0.25) is 5.91 Å². The number of hydrogen-bond donors (Lipinski definition) is 1. The number of rotatable bonds is 4. The van der Waals surface area contributed by atoms with Crippen LogP contribution in [0, 0.1) is 0 Å². The lowest BCUT2D eigenvalue weighted by Crippen LogP contribution is -2.40. The van der Waals surface area contributed by atoms with Gasteiger partial charge in [-0.3, -0.25) is 14.5 Å². The zero-order valence-electron chi connectivity index (χ0n) is 15.6. The van der Waals surface area contributed by atoms with Gasteiger partial charge in [-0.15, -0.1) is 0 Å². The first-order chi connectivity index (χ1) is 12.7.